The minimum atomic E-state index is -1.21. The van der Waals surface area contributed by atoms with Crippen molar-refractivity contribution in [3.63, 3.8) is 0 Å². The molecule has 136 valence electrons. The van der Waals surface area contributed by atoms with E-state index in [2.05, 4.69) is 45.7 Å². The molecule has 0 bridgehead atoms. The van der Waals surface area contributed by atoms with Gasteiger partial charge in [0.1, 0.15) is 0 Å². The maximum atomic E-state index is 11.3. The molecule has 6 nitrogen and oxygen atoms in total. The molecule has 2 aromatic rings. The van der Waals surface area contributed by atoms with Crippen LogP contribution in [0.25, 0.3) is 11.4 Å². The third kappa shape index (κ3) is 5.48. The Bertz CT molecular complexity index is 743. The Morgan fingerprint density at radius 3 is 2.68 bits per heavy atom. The predicted molar refractivity (Wildman–Crippen MR) is 104 cm³/mol. The fraction of sp³-hybridized carbons (Fsp3) is 0.471. The van der Waals surface area contributed by atoms with Crippen molar-refractivity contribution in [3.05, 3.63) is 34.6 Å². The molecule has 0 spiro atoms. The van der Waals surface area contributed by atoms with Crippen LogP contribution in [-0.2, 0) is 4.74 Å². The summed E-state index contributed by atoms with van der Waals surface area (Å²) in [6.07, 6.45) is 0.334. The van der Waals surface area contributed by atoms with Gasteiger partial charge in [0.25, 0.3) is 5.82 Å². The van der Waals surface area contributed by atoms with Gasteiger partial charge in [-0.3, -0.25) is 0 Å². The first-order valence-corrected chi connectivity index (χ1v) is 12.8. The van der Waals surface area contributed by atoms with Crippen LogP contribution in [0.1, 0.15) is 30.2 Å². The van der Waals surface area contributed by atoms with E-state index in [4.69, 9.17) is 4.74 Å². The van der Waals surface area contributed by atoms with E-state index in [1.54, 1.807) is 4.68 Å². The number of benzene rings is 1. The molecular formula is C17H24BrN3O3Si. The Morgan fingerprint density at radius 1 is 1.40 bits per heavy atom. The van der Waals surface area contributed by atoms with Crippen LogP contribution in [0.2, 0.25) is 25.7 Å². The zero-order valence-electron chi connectivity index (χ0n) is 15.0. The topological polar surface area (TPSA) is 77.2 Å². The second-order valence-corrected chi connectivity index (χ2v) is 13.6. The molecule has 1 aromatic heterocycles. The summed E-state index contributed by atoms with van der Waals surface area (Å²) in [6.45, 7) is 9.51. The van der Waals surface area contributed by atoms with Crippen LogP contribution in [0.4, 0.5) is 0 Å². The number of aromatic nitrogens is 3. The number of rotatable bonds is 8. The fourth-order valence-electron chi connectivity index (χ4n) is 2.30. The molecule has 0 aliphatic heterocycles. The second-order valence-electron chi connectivity index (χ2n) is 7.06. The quantitative estimate of drug-likeness (QED) is 0.621. The summed E-state index contributed by atoms with van der Waals surface area (Å²) in [5, 5.41) is 13.5. The number of hydrogen-bond acceptors (Lipinski definition) is 4. The number of ether oxygens (including phenoxy) is 1. The molecule has 0 aliphatic carbocycles. The number of carboxylic acid groups (broad SMARTS) is 1. The number of carboxylic acids is 1. The van der Waals surface area contributed by atoms with Gasteiger partial charge in [-0.25, -0.2) is 14.5 Å². The molecule has 0 aliphatic rings. The summed E-state index contributed by atoms with van der Waals surface area (Å²) >= 11 is 3.44. The average Bonchev–Trinajstić information content (AvgIpc) is 2.96. The summed E-state index contributed by atoms with van der Waals surface area (Å²) in [5.74, 6) is -0.868. The van der Waals surface area contributed by atoms with Crippen LogP contribution in [0.5, 0.6) is 0 Å². The lowest BCUT2D eigenvalue weighted by Gasteiger charge is -2.21. The van der Waals surface area contributed by atoms with Gasteiger partial charge < -0.3 is 9.84 Å². The van der Waals surface area contributed by atoms with Gasteiger partial charge in [0, 0.05) is 24.7 Å². The molecule has 0 fully saturated rings. The van der Waals surface area contributed by atoms with Crippen LogP contribution in [0.3, 0.4) is 0 Å². The van der Waals surface area contributed by atoms with Gasteiger partial charge in [-0.1, -0.05) is 54.6 Å². The Kier molecular flexibility index (Phi) is 6.53. The average molecular weight is 426 g/mol. The van der Waals surface area contributed by atoms with Gasteiger partial charge in [0.2, 0.25) is 0 Å². The van der Waals surface area contributed by atoms with Crippen molar-refractivity contribution in [1.82, 2.24) is 14.8 Å². The van der Waals surface area contributed by atoms with E-state index in [1.807, 2.05) is 31.2 Å². The van der Waals surface area contributed by atoms with E-state index in [0.717, 1.165) is 16.1 Å². The zero-order chi connectivity index (χ0) is 18.6. The fourth-order valence-corrected chi connectivity index (χ4v) is 3.43. The lowest BCUT2D eigenvalue weighted by atomic mass is 10.2. The number of hydrogen-bond donors (Lipinski definition) is 1. The molecule has 0 saturated heterocycles. The Labute approximate surface area is 157 Å². The monoisotopic (exact) mass is 425 g/mol. The van der Waals surface area contributed by atoms with E-state index in [0.29, 0.717) is 18.9 Å². The molecular weight excluding hydrogens is 402 g/mol. The molecule has 1 heterocycles. The van der Waals surface area contributed by atoms with Crippen molar-refractivity contribution in [2.24, 2.45) is 0 Å². The Balaban J connectivity index is 2.35. The van der Waals surface area contributed by atoms with Crippen molar-refractivity contribution in [2.75, 3.05) is 6.61 Å². The summed E-state index contributed by atoms with van der Waals surface area (Å²) < 4.78 is 8.51. The third-order valence-corrected chi connectivity index (χ3v) is 5.89. The first-order chi connectivity index (χ1) is 11.7. The van der Waals surface area contributed by atoms with Crippen LogP contribution >= 0.6 is 15.9 Å². The number of aromatic carboxylic acids is 1. The van der Waals surface area contributed by atoms with E-state index in [1.165, 1.54) is 0 Å². The van der Waals surface area contributed by atoms with Crippen molar-refractivity contribution < 1.29 is 14.6 Å². The number of nitrogens with zero attached hydrogens (tertiary/aromatic N) is 3. The van der Waals surface area contributed by atoms with Gasteiger partial charge in [0.05, 0.1) is 0 Å². The van der Waals surface area contributed by atoms with Crippen molar-refractivity contribution in [3.8, 4) is 11.4 Å². The largest absolute Gasteiger partial charge is 0.475 e. The molecule has 0 radical (unpaired) electrons. The lowest BCUT2D eigenvalue weighted by Crippen LogP contribution is -2.24. The standard InChI is InChI=1S/C17H24BrN3O3Si/c1-5-14(24-9-10-25(2,3)4)21-16(19-15(20-21)17(22)23)12-7-6-8-13(18)11-12/h6-8,11,14H,5,9-10H2,1-4H3,(H,22,23). The predicted octanol–water partition coefficient (Wildman–Crippen LogP) is 4.67. The van der Waals surface area contributed by atoms with Gasteiger partial charge in [-0.15, -0.1) is 5.10 Å². The highest BCUT2D eigenvalue weighted by Gasteiger charge is 2.23. The molecule has 8 heteroatoms. The minimum absolute atomic E-state index is 0.220. The number of halogens is 1. The lowest BCUT2D eigenvalue weighted by molar-refractivity contribution is -0.000604. The summed E-state index contributed by atoms with van der Waals surface area (Å²) in [4.78, 5) is 15.5. The van der Waals surface area contributed by atoms with E-state index < -0.39 is 14.0 Å². The van der Waals surface area contributed by atoms with E-state index in [-0.39, 0.29) is 12.1 Å². The molecule has 0 amide bonds. The van der Waals surface area contributed by atoms with E-state index >= 15 is 0 Å². The normalized spacial score (nSPS) is 13.0. The summed E-state index contributed by atoms with van der Waals surface area (Å²) in [6, 6.07) is 8.60. The molecule has 1 unspecified atom stereocenters. The highest BCUT2D eigenvalue weighted by Crippen LogP contribution is 2.26. The first-order valence-electron chi connectivity index (χ1n) is 8.28. The van der Waals surface area contributed by atoms with Crippen LogP contribution in [-0.4, -0.2) is 40.5 Å². The molecule has 0 saturated carbocycles. The highest BCUT2D eigenvalue weighted by atomic mass is 79.9. The van der Waals surface area contributed by atoms with Gasteiger partial charge >= 0.3 is 5.97 Å². The van der Waals surface area contributed by atoms with Gasteiger partial charge in [-0.2, -0.15) is 0 Å². The van der Waals surface area contributed by atoms with Crippen LogP contribution in [0.15, 0.2) is 28.7 Å². The van der Waals surface area contributed by atoms with E-state index in [9.17, 15) is 9.90 Å². The molecule has 2 rings (SSSR count). The molecule has 1 N–H and O–H groups in total. The second kappa shape index (κ2) is 8.24. The summed E-state index contributed by atoms with van der Waals surface area (Å²) in [7, 11) is -1.21. The Hall–Kier alpha value is -1.51. The number of carbonyl (C=O) groups is 1. The van der Waals surface area contributed by atoms with Crippen molar-refractivity contribution >= 4 is 30.0 Å². The smallest absolute Gasteiger partial charge is 0.375 e. The van der Waals surface area contributed by atoms with Crippen LogP contribution in [0, 0.1) is 0 Å². The third-order valence-electron chi connectivity index (χ3n) is 3.69. The Morgan fingerprint density at radius 2 is 2.12 bits per heavy atom. The first kappa shape index (κ1) is 19.8. The van der Waals surface area contributed by atoms with Crippen LogP contribution < -0.4 is 0 Å². The van der Waals surface area contributed by atoms with Crippen molar-refractivity contribution in [1.29, 1.82) is 0 Å². The maximum absolute atomic E-state index is 11.3. The zero-order valence-corrected chi connectivity index (χ0v) is 17.6. The van der Waals surface area contributed by atoms with Gasteiger partial charge in [-0.05, 0) is 24.6 Å². The highest BCUT2D eigenvalue weighted by molar-refractivity contribution is 9.10. The van der Waals surface area contributed by atoms with Gasteiger partial charge in [0.15, 0.2) is 12.1 Å². The summed E-state index contributed by atoms with van der Waals surface area (Å²) in [5.41, 5.74) is 0.793. The SMILES string of the molecule is CCC(OCC[Si](C)(C)C)n1nc(C(=O)O)nc1-c1cccc(Br)c1. The molecule has 1 atom stereocenters. The molecule has 25 heavy (non-hydrogen) atoms. The minimum Gasteiger partial charge on any atom is -0.475 e. The maximum Gasteiger partial charge on any atom is 0.375 e. The molecule has 1 aromatic carbocycles. The van der Waals surface area contributed by atoms with Crippen molar-refractivity contribution in [2.45, 2.75) is 45.3 Å².